The van der Waals surface area contributed by atoms with Crippen molar-refractivity contribution < 1.29 is 18.7 Å². The smallest absolute Gasteiger partial charge is 0.338 e. The van der Waals surface area contributed by atoms with E-state index in [2.05, 4.69) is 10.4 Å². The highest BCUT2D eigenvalue weighted by Crippen LogP contribution is 2.22. The molecule has 1 N–H and O–H groups in total. The van der Waals surface area contributed by atoms with Crippen LogP contribution in [0.15, 0.2) is 48.5 Å². The summed E-state index contributed by atoms with van der Waals surface area (Å²) in [6, 6.07) is 12.4. The Labute approximate surface area is 172 Å². The highest BCUT2D eigenvalue weighted by atomic mass is 35.5. The molecule has 1 aromatic heterocycles. The summed E-state index contributed by atoms with van der Waals surface area (Å²) in [5.41, 5.74) is 3.33. The first kappa shape index (κ1) is 20.5. The van der Waals surface area contributed by atoms with Crippen molar-refractivity contribution in [3.05, 3.63) is 81.9 Å². The number of hydrogen-bond donors (Lipinski definition) is 1. The van der Waals surface area contributed by atoms with Crippen molar-refractivity contribution in [3.63, 3.8) is 0 Å². The monoisotopic (exact) mass is 415 g/mol. The molecule has 0 saturated carbocycles. The molecule has 0 aliphatic carbocycles. The van der Waals surface area contributed by atoms with Gasteiger partial charge in [0.15, 0.2) is 6.61 Å². The van der Waals surface area contributed by atoms with Crippen LogP contribution < -0.4 is 5.32 Å². The molecule has 0 spiro atoms. The van der Waals surface area contributed by atoms with Crippen LogP contribution in [0.25, 0.3) is 5.69 Å². The van der Waals surface area contributed by atoms with Gasteiger partial charge in [-0.15, -0.1) is 0 Å². The average molecular weight is 416 g/mol. The molecule has 8 heteroatoms. The van der Waals surface area contributed by atoms with E-state index < -0.39 is 18.5 Å². The van der Waals surface area contributed by atoms with Crippen molar-refractivity contribution in [3.8, 4) is 5.69 Å². The summed E-state index contributed by atoms with van der Waals surface area (Å²) in [5.74, 6) is -1.41. The highest BCUT2D eigenvalue weighted by Gasteiger charge is 2.13. The van der Waals surface area contributed by atoms with Gasteiger partial charge in [0.1, 0.15) is 5.82 Å². The molecule has 6 nitrogen and oxygen atoms in total. The fraction of sp³-hybridized carbons (Fsp3) is 0.190. The lowest BCUT2D eigenvalue weighted by Crippen LogP contribution is -2.28. The van der Waals surface area contributed by atoms with Gasteiger partial charge in [-0.3, -0.25) is 4.79 Å². The number of benzene rings is 2. The van der Waals surface area contributed by atoms with E-state index in [-0.39, 0.29) is 12.4 Å². The highest BCUT2D eigenvalue weighted by molar-refractivity contribution is 6.31. The second-order valence-electron chi connectivity index (χ2n) is 6.42. The van der Waals surface area contributed by atoms with Gasteiger partial charge in [0, 0.05) is 6.54 Å². The standard InChI is InChI=1S/C21H19ClFN3O3/c1-13-20(22)14(2)26(25-13)18-9-5-16(6-10-18)21(28)29-12-19(27)24-11-15-3-7-17(23)8-4-15/h3-10H,11-12H2,1-2H3,(H,24,27). The fourth-order valence-electron chi connectivity index (χ4n) is 2.68. The third-order valence-corrected chi connectivity index (χ3v) is 4.83. The van der Waals surface area contributed by atoms with Crippen molar-refractivity contribution in [1.82, 2.24) is 15.1 Å². The lowest BCUT2D eigenvalue weighted by Gasteiger charge is -2.08. The van der Waals surface area contributed by atoms with Gasteiger partial charge < -0.3 is 10.1 Å². The lowest BCUT2D eigenvalue weighted by atomic mass is 10.2. The van der Waals surface area contributed by atoms with Gasteiger partial charge in [0.2, 0.25) is 0 Å². The largest absolute Gasteiger partial charge is 0.452 e. The fourth-order valence-corrected chi connectivity index (χ4v) is 2.80. The van der Waals surface area contributed by atoms with Gasteiger partial charge in [0.05, 0.1) is 27.7 Å². The molecule has 0 aliphatic rings. The first-order chi connectivity index (χ1) is 13.8. The maximum atomic E-state index is 12.9. The number of esters is 1. The normalized spacial score (nSPS) is 10.6. The molecule has 3 rings (SSSR count). The number of rotatable bonds is 6. The number of nitrogens with one attached hydrogen (secondary N) is 1. The van der Waals surface area contributed by atoms with Crippen molar-refractivity contribution in [1.29, 1.82) is 0 Å². The zero-order valence-corrected chi connectivity index (χ0v) is 16.7. The second-order valence-corrected chi connectivity index (χ2v) is 6.80. The number of nitrogens with zero attached hydrogens (tertiary/aromatic N) is 2. The zero-order chi connectivity index (χ0) is 21.0. The molecule has 0 unspecified atom stereocenters. The summed E-state index contributed by atoms with van der Waals surface area (Å²) in [6.45, 7) is 3.49. The first-order valence-electron chi connectivity index (χ1n) is 8.85. The Bertz CT molecular complexity index is 1030. The minimum absolute atomic E-state index is 0.219. The topological polar surface area (TPSA) is 73.2 Å². The van der Waals surface area contributed by atoms with Crippen LogP contribution in [0, 0.1) is 19.7 Å². The van der Waals surface area contributed by atoms with Crippen LogP contribution in [0.5, 0.6) is 0 Å². The zero-order valence-electron chi connectivity index (χ0n) is 15.9. The Balaban J connectivity index is 1.53. The van der Waals surface area contributed by atoms with Gasteiger partial charge in [-0.1, -0.05) is 23.7 Å². The Morgan fingerprint density at radius 1 is 1.10 bits per heavy atom. The van der Waals surface area contributed by atoms with Crippen LogP contribution in [0.3, 0.4) is 0 Å². The maximum absolute atomic E-state index is 12.9. The van der Waals surface area contributed by atoms with E-state index >= 15 is 0 Å². The van der Waals surface area contributed by atoms with Crippen LogP contribution >= 0.6 is 11.6 Å². The predicted octanol–water partition coefficient (Wildman–Crippen LogP) is 3.75. The van der Waals surface area contributed by atoms with Gasteiger partial charge >= 0.3 is 5.97 Å². The Morgan fingerprint density at radius 3 is 2.34 bits per heavy atom. The molecule has 29 heavy (non-hydrogen) atoms. The lowest BCUT2D eigenvalue weighted by molar-refractivity contribution is -0.124. The minimum Gasteiger partial charge on any atom is -0.452 e. The number of amides is 1. The SMILES string of the molecule is Cc1nn(-c2ccc(C(=O)OCC(=O)NCc3ccc(F)cc3)cc2)c(C)c1Cl. The summed E-state index contributed by atoms with van der Waals surface area (Å²) < 4.78 is 19.6. The second kappa shape index (κ2) is 8.87. The number of carbonyl (C=O) groups is 2. The van der Waals surface area contributed by atoms with Gasteiger partial charge in [-0.2, -0.15) is 5.10 Å². The van der Waals surface area contributed by atoms with E-state index in [1.54, 1.807) is 41.1 Å². The van der Waals surface area contributed by atoms with Crippen LogP contribution in [-0.2, 0) is 16.1 Å². The van der Waals surface area contributed by atoms with Gasteiger partial charge in [-0.25, -0.2) is 13.9 Å². The van der Waals surface area contributed by atoms with Crippen molar-refractivity contribution >= 4 is 23.5 Å². The number of halogens is 2. The van der Waals surface area contributed by atoms with Crippen molar-refractivity contribution in [2.24, 2.45) is 0 Å². The molecule has 1 heterocycles. The maximum Gasteiger partial charge on any atom is 0.338 e. The summed E-state index contributed by atoms with van der Waals surface area (Å²) in [4.78, 5) is 24.0. The molecule has 0 bridgehead atoms. The molecule has 0 radical (unpaired) electrons. The van der Waals surface area contributed by atoms with E-state index in [0.29, 0.717) is 10.6 Å². The predicted molar refractivity (Wildman–Crippen MR) is 107 cm³/mol. The number of hydrogen-bond acceptors (Lipinski definition) is 4. The minimum atomic E-state index is -0.611. The van der Waals surface area contributed by atoms with Crippen LogP contribution in [0.1, 0.15) is 27.3 Å². The average Bonchev–Trinajstić information content (AvgIpc) is 2.99. The van der Waals surface area contributed by atoms with Crippen molar-refractivity contribution in [2.75, 3.05) is 6.61 Å². The van der Waals surface area contributed by atoms with E-state index in [1.165, 1.54) is 12.1 Å². The van der Waals surface area contributed by atoms with E-state index in [1.807, 2.05) is 13.8 Å². The molecule has 1 amide bonds. The van der Waals surface area contributed by atoms with E-state index in [9.17, 15) is 14.0 Å². The Morgan fingerprint density at radius 2 is 1.76 bits per heavy atom. The molecule has 2 aromatic carbocycles. The van der Waals surface area contributed by atoms with Gasteiger partial charge in [-0.05, 0) is 55.8 Å². The summed E-state index contributed by atoms with van der Waals surface area (Å²) in [5, 5.41) is 7.56. The summed E-state index contributed by atoms with van der Waals surface area (Å²) >= 11 is 6.16. The molecule has 0 saturated heterocycles. The van der Waals surface area contributed by atoms with Crippen LogP contribution in [-0.4, -0.2) is 28.3 Å². The number of aromatic nitrogens is 2. The quantitative estimate of drug-likeness (QED) is 0.622. The molecule has 0 atom stereocenters. The summed E-state index contributed by atoms with van der Waals surface area (Å²) in [6.07, 6.45) is 0. The number of aryl methyl sites for hydroxylation is 1. The van der Waals surface area contributed by atoms with Crippen LogP contribution in [0.2, 0.25) is 5.02 Å². The number of ether oxygens (including phenoxy) is 1. The molecular formula is C21H19ClFN3O3. The van der Waals surface area contributed by atoms with E-state index in [0.717, 1.165) is 22.6 Å². The Kier molecular flexibility index (Phi) is 6.29. The first-order valence-corrected chi connectivity index (χ1v) is 9.23. The third kappa shape index (κ3) is 5.00. The summed E-state index contributed by atoms with van der Waals surface area (Å²) in [7, 11) is 0. The van der Waals surface area contributed by atoms with Crippen LogP contribution in [0.4, 0.5) is 4.39 Å². The molecule has 0 aliphatic heterocycles. The molecule has 3 aromatic rings. The molecular weight excluding hydrogens is 397 g/mol. The number of carbonyl (C=O) groups excluding carboxylic acids is 2. The van der Waals surface area contributed by atoms with E-state index in [4.69, 9.17) is 16.3 Å². The van der Waals surface area contributed by atoms with Gasteiger partial charge in [0.25, 0.3) is 5.91 Å². The molecule has 150 valence electrons. The third-order valence-electron chi connectivity index (χ3n) is 4.29. The Hall–Kier alpha value is -3.19. The van der Waals surface area contributed by atoms with Crippen molar-refractivity contribution in [2.45, 2.75) is 20.4 Å². The molecule has 0 fully saturated rings.